The quantitative estimate of drug-likeness (QED) is 0.778. The van der Waals surface area contributed by atoms with Gasteiger partial charge in [0.15, 0.2) is 0 Å². The highest BCUT2D eigenvalue weighted by atomic mass is 35.5. The van der Waals surface area contributed by atoms with E-state index in [9.17, 15) is 0 Å². The van der Waals surface area contributed by atoms with Gasteiger partial charge in [0, 0.05) is 16.2 Å². The number of halogens is 1. The summed E-state index contributed by atoms with van der Waals surface area (Å²) >= 11 is 5.91. The molecule has 14 heavy (non-hydrogen) atoms. The average Bonchev–Trinajstić information content (AvgIpc) is 2.56. The van der Waals surface area contributed by atoms with Crippen LogP contribution in [0.3, 0.4) is 0 Å². The first-order chi connectivity index (χ1) is 6.79. The van der Waals surface area contributed by atoms with Crippen LogP contribution < -0.4 is 0 Å². The van der Waals surface area contributed by atoms with Crippen molar-refractivity contribution in [2.24, 2.45) is 0 Å². The van der Waals surface area contributed by atoms with Crippen LogP contribution in [0.4, 0.5) is 0 Å². The third-order valence-electron chi connectivity index (χ3n) is 2.44. The zero-order chi connectivity index (χ0) is 9.97. The molecular weight excluding hydrogens is 194 g/mol. The largest absolute Gasteiger partial charge is 0.358 e. The lowest BCUT2D eigenvalue weighted by Crippen LogP contribution is -1.82. The topological polar surface area (TPSA) is 15.8 Å². The highest BCUT2D eigenvalue weighted by Gasteiger charge is 2.00. The van der Waals surface area contributed by atoms with Crippen LogP contribution in [0.1, 0.15) is 25.5 Å². The molecule has 1 heterocycles. The van der Waals surface area contributed by atoms with E-state index in [0.717, 1.165) is 17.0 Å². The molecule has 0 saturated heterocycles. The van der Waals surface area contributed by atoms with E-state index in [1.165, 1.54) is 23.9 Å². The van der Waals surface area contributed by atoms with Crippen LogP contribution in [-0.2, 0) is 6.42 Å². The van der Waals surface area contributed by atoms with Crippen molar-refractivity contribution in [1.29, 1.82) is 0 Å². The maximum absolute atomic E-state index is 5.91. The number of fused-ring (bicyclic) bond motifs is 1. The molecule has 2 rings (SSSR count). The van der Waals surface area contributed by atoms with Crippen molar-refractivity contribution in [3.8, 4) is 0 Å². The Morgan fingerprint density at radius 3 is 2.93 bits per heavy atom. The number of aryl methyl sites for hydroxylation is 1. The van der Waals surface area contributed by atoms with Gasteiger partial charge in [0.2, 0.25) is 0 Å². The first-order valence-electron chi connectivity index (χ1n) is 5.07. The van der Waals surface area contributed by atoms with E-state index in [4.69, 9.17) is 11.6 Å². The SMILES string of the molecule is CCCCc1cc2ccc(Cl)cc2[nH]1. The molecule has 1 aromatic carbocycles. The molecule has 2 aromatic rings. The summed E-state index contributed by atoms with van der Waals surface area (Å²) in [6, 6.07) is 8.18. The fourth-order valence-corrected chi connectivity index (χ4v) is 1.83. The van der Waals surface area contributed by atoms with E-state index in [-0.39, 0.29) is 0 Å². The molecule has 0 radical (unpaired) electrons. The average molecular weight is 208 g/mol. The predicted octanol–water partition coefficient (Wildman–Crippen LogP) is 4.16. The number of benzene rings is 1. The molecule has 0 amide bonds. The minimum Gasteiger partial charge on any atom is -0.358 e. The van der Waals surface area contributed by atoms with Crippen LogP contribution in [0.15, 0.2) is 24.3 Å². The Hall–Kier alpha value is -0.950. The molecular formula is C12H14ClN. The summed E-state index contributed by atoms with van der Waals surface area (Å²) in [5.41, 5.74) is 2.45. The molecule has 1 nitrogen and oxygen atoms in total. The molecule has 0 aliphatic rings. The summed E-state index contributed by atoms with van der Waals surface area (Å²) < 4.78 is 0. The number of hydrogen-bond acceptors (Lipinski definition) is 0. The minimum atomic E-state index is 0.793. The van der Waals surface area contributed by atoms with E-state index in [0.29, 0.717) is 0 Å². The molecule has 0 fully saturated rings. The van der Waals surface area contributed by atoms with Crippen molar-refractivity contribution in [3.63, 3.8) is 0 Å². The van der Waals surface area contributed by atoms with Gasteiger partial charge in [-0.05, 0) is 36.4 Å². The summed E-state index contributed by atoms with van der Waals surface area (Å²) in [5.74, 6) is 0. The normalized spacial score (nSPS) is 11.0. The second-order valence-electron chi connectivity index (χ2n) is 3.63. The van der Waals surface area contributed by atoms with Crippen molar-refractivity contribution in [3.05, 3.63) is 35.0 Å². The van der Waals surface area contributed by atoms with Crippen LogP contribution in [0, 0.1) is 0 Å². The Labute approximate surface area is 89.1 Å². The van der Waals surface area contributed by atoms with Gasteiger partial charge in [-0.3, -0.25) is 0 Å². The second-order valence-corrected chi connectivity index (χ2v) is 4.07. The van der Waals surface area contributed by atoms with Crippen LogP contribution in [0.5, 0.6) is 0 Å². The van der Waals surface area contributed by atoms with Crippen molar-refractivity contribution in [2.75, 3.05) is 0 Å². The standard InChI is InChI=1S/C12H14ClN/c1-2-3-4-11-7-9-5-6-10(13)8-12(9)14-11/h5-8,14H,2-4H2,1H3. The molecule has 1 aromatic heterocycles. The second kappa shape index (κ2) is 4.05. The molecule has 1 N–H and O–H groups in total. The van der Waals surface area contributed by atoms with Crippen molar-refractivity contribution < 1.29 is 0 Å². The maximum Gasteiger partial charge on any atom is 0.0471 e. The number of aromatic amines is 1. The third-order valence-corrected chi connectivity index (χ3v) is 2.68. The summed E-state index contributed by atoms with van der Waals surface area (Å²) in [4.78, 5) is 3.39. The van der Waals surface area contributed by atoms with Gasteiger partial charge < -0.3 is 4.98 Å². The summed E-state index contributed by atoms with van der Waals surface area (Å²) in [6.07, 6.45) is 3.60. The molecule has 0 bridgehead atoms. The van der Waals surface area contributed by atoms with E-state index in [1.807, 2.05) is 12.1 Å². The third kappa shape index (κ3) is 1.93. The molecule has 0 saturated carbocycles. The van der Waals surface area contributed by atoms with Crippen molar-refractivity contribution in [1.82, 2.24) is 4.98 Å². The Morgan fingerprint density at radius 1 is 1.29 bits per heavy atom. The van der Waals surface area contributed by atoms with Gasteiger partial charge in [-0.25, -0.2) is 0 Å². The number of H-pyrrole nitrogens is 1. The lowest BCUT2D eigenvalue weighted by Gasteiger charge is -1.92. The highest BCUT2D eigenvalue weighted by Crippen LogP contribution is 2.20. The molecule has 0 unspecified atom stereocenters. The monoisotopic (exact) mass is 207 g/mol. The molecule has 0 spiro atoms. The first-order valence-corrected chi connectivity index (χ1v) is 5.44. The highest BCUT2D eigenvalue weighted by molar-refractivity contribution is 6.31. The van der Waals surface area contributed by atoms with Gasteiger partial charge >= 0.3 is 0 Å². The predicted molar refractivity (Wildman–Crippen MR) is 61.9 cm³/mol. The first kappa shape index (κ1) is 9.60. The Morgan fingerprint density at radius 2 is 2.14 bits per heavy atom. The Bertz CT molecular complexity index is 431. The number of rotatable bonds is 3. The zero-order valence-corrected chi connectivity index (χ0v) is 9.06. The smallest absolute Gasteiger partial charge is 0.0471 e. The van der Waals surface area contributed by atoms with Crippen molar-refractivity contribution in [2.45, 2.75) is 26.2 Å². The molecule has 74 valence electrons. The Balaban J connectivity index is 2.32. The lowest BCUT2D eigenvalue weighted by molar-refractivity contribution is 0.782. The summed E-state index contributed by atoms with van der Waals surface area (Å²) in [7, 11) is 0. The van der Waals surface area contributed by atoms with Crippen LogP contribution in [-0.4, -0.2) is 4.98 Å². The van der Waals surface area contributed by atoms with E-state index >= 15 is 0 Å². The van der Waals surface area contributed by atoms with Crippen LogP contribution in [0.25, 0.3) is 10.9 Å². The molecule has 0 atom stereocenters. The maximum atomic E-state index is 5.91. The van der Waals surface area contributed by atoms with Gasteiger partial charge in [-0.15, -0.1) is 0 Å². The number of nitrogens with one attached hydrogen (secondary N) is 1. The van der Waals surface area contributed by atoms with Gasteiger partial charge in [0.1, 0.15) is 0 Å². The van der Waals surface area contributed by atoms with Gasteiger partial charge in [-0.1, -0.05) is 31.0 Å². The number of aromatic nitrogens is 1. The van der Waals surface area contributed by atoms with Gasteiger partial charge in [-0.2, -0.15) is 0 Å². The zero-order valence-electron chi connectivity index (χ0n) is 8.31. The van der Waals surface area contributed by atoms with E-state index in [1.54, 1.807) is 0 Å². The van der Waals surface area contributed by atoms with Gasteiger partial charge in [0.05, 0.1) is 0 Å². The van der Waals surface area contributed by atoms with Crippen LogP contribution >= 0.6 is 11.6 Å². The van der Waals surface area contributed by atoms with E-state index < -0.39 is 0 Å². The minimum absolute atomic E-state index is 0.793. The Kier molecular flexibility index (Phi) is 2.78. The molecule has 0 aliphatic carbocycles. The number of unbranched alkanes of at least 4 members (excludes halogenated alkanes) is 1. The number of hydrogen-bond donors (Lipinski definition) is 1. The van der Waals surface area contributed by atoms with Crippen molar-refractivity contribution >= 4 is 22.5 Å². The molecule has 0 aliphatic heterocycles. The van der Waals surface area contributed by atoms with Crippen LogP contribution in [0.2, 0.25) is 5.02 Å². The fourth-order valence-electron chi connectivity index (χ4n) is 1.66. The summed E-state index contributed by atoms with van der Waals surface area (Å²) in [6.45, 7) is 2.21. The molecule has 2 heteroatoms. The van der Waals surface area contributed by atoms with E-state index in [2.05, 4.69) is 24.0 Å². The van der Waals surface area contributed by atoms with Gasteiger partial charge in [0.25, 0.3) is 0 Å². The lowest BCUT2D eigenvalue weighted by atomic mass is 10.2. The fraction of sp³-hybridized carbons (Fsp3) is 0.333. The summed E-state index contributed by atoms with van der Waals surface area (Å²) in [5, 5.41) is 2.04.